The van der Waals surface area contributed by atoms with E-state index < -0.39 is 0 Å². The smallest absolute Gasteiger partial charge is 0.272 e. The average molecular weight is 394 g/mol. The molecular formula is C24H31N3O2. The van der Waals surface area contributed by atoms with E-state index in [9.17, 15) is 9.59 Å². The number of nitrogens with one attached hydrogen (secondary N) is 1. The van der Waals surface area contributed by atoms with Crippen LogP contribution in [-0.4, -0.2) is 21.5 Å². The van der Waals surface area contributed by atoms with E-state index in [1.165, 1.54) is 38.5 Å². The van der Waals surface area contributed by atoms with Crippen molar-refractivity contribution in [2.45, 2.75) is 71.9 Å². The van der Waals surface area contributed by atoms with Gasteiger partial charge in [-0.3, -0.25) is 9.59 Å². The maximum Gasteiger partial charge on any atom is 0.272 e. The zero-order valence-electron chi connectivity index (χ0n) is 17.7. The molecule has 1 aromatic carbocycles. The third-order valence-electron chi connectivity index (χ3n) is 8.04. The number of fused-ring (bicyclic) bond motifs is 1. The molecule has 1 amide bonds. The fraction of sp³-hybridized carbons (Fsp3) is 0.625. The van der Waals surface area contributed by atoms with Gasteiger partial charge in [-0.05, 0) is 101 Å². The van der Waals surface area contributed by atoms with Gasteiger partial charge in [-0.15, -0.1) is 0 Å². The number of benzene rings is 1. The molecule has 4 bridgehead atoms. The standard InChI is InChI=1S/C24H31N3O2/c1-4-27-21-6-5-19(10-20(21)25-14(2)23(27)29)22(28)26-15(3)24-11-16-7-17(12-24)9-18(8-16)13-24/h5-6,10,15-18H,4,7-9,11-13H2,1-3H3,(H,26,28)/t15-,16?,17?,18?,24?/m1/s1. The van der Waals surface area contributed by atoms with Crippen LogP contribution < -0.4 is 10.9 Å². The van der Waals surface area contributed by atoms with Gasteiger partial charge in [0.2, 0.25) is 0 Å². The highest BCUT2D eigenvalue weighted by Gasteiger charge is 2.53. The van der Waals surface area contributed by atoms with Crippen LogP contribution in [0, 0.1) is 30.1 Å². The van der Waals surface area contributed by atoms with Crippen molar-refractivity contribution in [3.05, 3.63) is 39.8 Å². The Balaban J connectivity index is 1.40. The summed E-state index contributed by atoms with van der Waals surface area (Å²) in [5.74, 6) is 2.60. The van der Waals surface area contributed by atoms with E-state index in [1.807, 2.05) is 25.1 Å². The summed E-state index contributed by atoms with van der Waals surface area (Å²) in [4.78, 5) is 29.8. The first kappa shape index (κ1) is 18.8. The minimum atomic E-state index is -0.0624. The number of aryl methyl sites for hydroxylation is 2. The van der Waals surface area contributed by atoms with Gasteiger partial charge < -0.3 is 9.88 Å². The molecular weight excluding hydrogens is 362 g/mol. The largest absolute Gasteiger partial charge is 0.349 e. The summed E-state index contributed by atoms with van der Waals surface area (Å²) in [5, 5.41) is 3.34. The number of amides is 1. The molecule has 0 saturated heterocycles. The SMILES string of the molecule is CCn1c(=O)c(C)nc2cc(C(=O)N[C@H](C)C34CC5CC(CC(C5)C3)C4)ccc21. The lowest BCUT2D eigenvalue weighted by Gasteiger charge is -2.59. The Labute approximate surface area is 171 Å². The van der Waals surface area contributed by atoms with Gasteiger partial charge >= 0.3 is 0 Å². The van der Waals surface area contributed by atoms with Crippen LogP contribution >= 0.6 is 0 Å². The summed E-state index contributed by atoms with van der Waals surface area (Å²) in [7, 11) is 0. The molecule has 4 saturated carbocycles. The Morgan fingerprint density at radius 2 is 1.83 bits per heavy atom. The van der Waals surface area contributed by atoms with Gasteiger partial charge in [0.15, 0.2) is 0 Å². The number of rotatable bonds is 4. The third kappa shape index (κ3) is 3.01. The summed E-state index contributed by atoms with van der Waals surface area (Å²) in [6.07, 6.45) is 8.07. The van der Waals surface area contributed by atoms with Gasteiger partial charge in [0.05, 0.1) is 11.0 Å². The van der Waals surface area contributed by atoms with Crippen molar-refractivity contribution in [2.24, 2.45) is 23.2 Å². The van der Waals surface area contributed by atoms with Crippen molar-refractivity contribution in [3.8, 4) is 0 Å². The lowest BCUT2D eigenvalue weighted by atomic mass is 9.48. The predicted octanol–water partition coefficient (Wildman–Crippen LogP) is 4.06. The van der Waals surface area contributed by atoms with Crippen molar-refractivity contribution in [1.29, 1.82) is 0 Å². The topological polar surface area (TPSA) is 64.0 Å². The molecule has 0 aliphatic heterocycles. The van der Waals surface area contributed by atoms with Gasteiger partial charge in [-0.25, -0.2) is 4.98 Å². The highest BCUT2D eigenvalue weighted by atomic mass is 16.1. The number of carbonyl (C=O) groups is 1. The number of hydrogen-bond donors (Lipinski definition) is 1. The normalized spacial score (nSPS) is 31.2. The molecule has 1 heterocycles. The van der Waals surface area contributed by atoms with Crippen LogP contribution in [0.5, 0.6) is 0 Å². The van der Waals surface area contributed by atoms with Gasteiger partial charge in [0.1, 0.15) is 5.69 Å². The van der Waals surface area contributed by atoms with Crippen LogP contribution in [0.15, 0.2) is 23.0 Å². The van der Waals surface area contributed by atoms with Crippen LogP contribution in [0.1, 0.15) is 68.4 Å². The summed E-state index contributed by atoms with van der Waals surface area (Å²) >= 11 is 0. The second-order valence-corrected chi connectivity index (χ2v) is 9.93. The molecule has 4 fully saturated rings. The van der Waals surface area contributed by atoms with E-state index in [4.69, 9.17) is 0 Å². The lowest BCUT2D eigenvalue weighted by Crippen LogP contribution is -2.55. The summed E-state index contributed by atoms with van der Waals surface area (Å²) in [5.41, 5.74) is 2.82. The summed E-state index contributed by atoms with van der Waals surface area (Å²) in [6.45, 7) is 6.49. The number of aromatic nitrogens is 2. The average Bonchev–Trinajstić information content (AvgIpc) is 2.67. The maximum atomic E-state index is 13.1. The fourth-order valence-electron chi connectivity index (χ4n) is 6.97. The fourth-order valence-corrected chi connectivity index (χ4v) is 6.97. The minimum absolute atomic E-state index is 0.0242. The van der Waals surface area contributed by atoms with E-state index in [1.54, 1.807) is 11.5 Å². The molecule has 0 spiro atoms. The number of nitrogens with zero attached hydrogens (tertiary/aromatic N) is 2. The zero-order valence-corrected chi connectivity index (χ0v) is 17.7. The second-order valence-electron chi connectivity index (χ2n) is 9.93. The van der Waals surface area contributed by atoms with Gasteiger partial charge in [0, 0.05) is 18.2 Å². The third-order valence-corrected chi connectivity index (χ3v) is 8.04. The van der Waals surface area contributed by atoms with Gasteiger partial charge in [0.25, 0.3) is 11.5 Å². The lowest BCUT2D eigenvalue weighted by molar-refractivity contribution is -0.0688. The van der Waals surface area contributed by atoms with Crippen molar-refractivity contribution in [3.63, 3.8) is 0 Å². The molecule has 154 valence electrons. The highest BCUT2D eigenvalue weighted by molar-refractivity contribution is 5.97. The second kappa shape index (κ2) is 6.68. The monoisotopic (exact) mass is 393 g/mol. The van der Waals surface area contributed by atoms with Crippen LogP contribution in [0.3, 0.4) is 0 Å². The van der Waals surface area contributed by atoms with Gasteiger partial charge in [-0.2, -0.15) is 0 Å². The van der Waals surface area contributed by atoms with Crippen LogP contribution in [0.25, 0.3) is 11.0 Å². The Bertz CT molecular complexity index is 1000. The van der Waals surface area contributed by atoms with Crippen molar-refractivity contribution in [1.82, 2.24) is 14.9 Å². The van der Waals surface area contributed by atoms with E-state index in [0.717, 1.165) is 23.3 Å². The van der Waals surface area contributed by atoms with E-state index in [2.05, 4.69) is 17.2 Å². The predicted molar refractivity (Wildman–Crippen MR) is 114 cm³/mol. The van der Waals surface area contributed by atoms with Crippen LogP contribution in [-0.2, 0) is 6.54 Å². The Hall–Kier alpha value is -2.17. The van der Waals surface area contributed by atoms with Crippen molar-refractivity contribution >= 4 is 16.9 Å². The first-order valence-electron chi connectivity index (χ1n) is 11.2. The Morgan fingerprint density at radius 1 is 1.21 bits per heavy atom. The molecule has 0 unspecified atom stereocenters. The van der Waals surface area contributed by atoms with Crippen LogP contribution in [0.4, 0.5) is 0 Å². The molecule has 4 aliphatic rings. The van der Waals surface area contributed by atoms with Crippen LogP contribution in [0.2, 0.25) is 0 Å². The Morgan fingerprint density at radius 3 is 2.41 bits per heavy atom. The molecule has 29 heavy (non-hydrogen) atoms. The molecule has 1 N–H and O–H groups in total. The molecule has 5 heteroatoms. The molecule has 5 nitrogen and oxygen atoms in total. The van der Waals surface area contributed by atoms with E-state index in [0.29, 0.717) is 28.7 Å². The maximum absolute atomic E-state index is 13.1. The van der Waals surface area contributed by atoms with Crippen molar-refractivity contribution < 1.29 is 4.79 Å². The van der Waals surface area contributed by atoms with E-state index in [-0.39, 0.29) is 17.5 Å². The first-order chi connectivity index (χ1) is 13.9. The highest BCUT2D eigenvalue weighted by Crippen LogP contribution is 2.61. The molecule has 4 aliphatic carbocycles. The molecule has 6 rings (SSSR count). The first-order valence-corrected chi connectivity index (χ1v) is 11.2. The number of hydrogen-bond acceptors (Lipinski definition) is 3. The molecule has 1 aromatic heterocycles. The Kier molecular flexibility index (Phi) is 4.34. The molecule has 2 aromatic rings. The van der Waals surface area contributed by atoms with Crippen molar-refractivity contribution in [2.75, 3.05) is 0 Å². The number of carbonyl (C=O) groups excluding carboxylic acids is 1. The molecule has 0 radical (unpaired) electrons. The quantitative estimate of drug-likeness (QED) is 0.852. The summed E-state index contributed by atoms with van der Waals surface area (Å²) < 4.78 is 1.72. The zero-order chi connectivity index (χ0) is 20.3. The molecule has 1 atom stereocenters. The van der Waals surface area contributed by atoms with E-state index >= 15 is 0 Å². The minimum Gasteiger partial charge on any atom is -0.349 e. The summed E-state index contributed by atoms with van der Waals surface area (Å²) in [6, 6.07) is 5.71. The van der Waals surface area contributed by atoms with Gasteiger partial charge in [-0.1, -0.05) is 0 Å².